The summed E-state index contributed by atoms with van der Waals surface area (Å²) in [5.41, 5.74) is 7.26. The molecule has 9 nitrogen and oxygen atoms in total. The van der Waals surface area contributed by atoms with Crippen LogP contribution in [0.4, 0.5) is 5.69 Å². The number of rotatable bonds is 7. The largest absolute Gasteiger partial charge is 0.491 e. The first-order valence-electron chi connectivity index (χ1n) is 9.97. The van der Waals surface area contributed by atoms with Crippen LogP contribution in [0.25, 0.3) is 0 Å². The molecule has 3 N–H and O–H groups in total. The van der Waals surface area contributed by atoms with E-state index in [4.69, 9.17) is 25.1 Å². The number of allylic oxidation sites excluding steroid dienone is 1. The zero-order chi connectivity index (χ0) is 24.0. The highest BCUT2D eigenvalue weighted by Crippen LogP contribution is 2.43. The summed E-state index contributed by atoms with van der Waals surface area (Å²) >= 11 is 0. The van der Waals surface area contributed by atoms with Gasteiger partial charge in [0.05, 0.1) is 44.0 Å². The molecule has 0 saturated heterocycles. The minimum Gasteiger partial charge on any atom is -0.491 e. The van der Waals surface area contributed by atoms with Gasteiger partial charge in [-0.05, 0) is 29.8 Å². The second-order valence-corrected chi connectivity index (χ2v) is 6.90. The Morgan fingerprint density at radius 2 is 1.70 bits per heavy atom. The molecule has 1 aliphatic heterocycles. The molecule has 1 atom stereocenters. The topological polar surface area (TPSA) is 135 Å². The van der Waals surface area contributed by atoms with Gasteiger partial charge in [0, 0.05) is 5.69 Å². The number of nitriles is 1. The molecule has 9 heteroatoms. The van der Waals surface area contributed by atoms with E-state index in [1.807, 2.05) is 0 Å². The number of nitrogens with zero attached hydrogens (tertiary/aromatic N) is 2. The first-order chi connectivity index (χ1) is 16.0. The van der Waals surface area contributed by atoms with Gasteiger partial charge in [-0.3, -0.25) is 4.90 Å². The Morgan fingerprint density at radius 1 is 1.06 bits per heavy atom. The van der Waals surface area contributed by atoms with E-state index in [9.17, 15) is 14.9 Å². The maximum Gasteiger partial charge on any atom is 0.355 e. The van der Waals surface area contributed by atoms with E-state index < -0.39 is 17.9 Å². The third-order valence-electron chi connectivity index (χ3n) is 5.07. The van der Waals surface area contributed by atoms with Crippen LogP contribution in [0.1, 0.15) is 11.5 Å². The third-order valence-corrected chi connectivity index (χ3v) is 5.07. The molecule has 3 rings (SSSR count). The molecule has 2 aromatic rings. The lowest BCUT2D eigenvalue weighted by atomic mass is 9.81. The molecule has 0 radical (unpaired) electrons. The number of carbonyl (C=O) groups is 2. The highest BCUT2D eigenvalue weighted by atomic mass is 16.5. The Labute approximate surface area is 190 Å². The van der Waals surface area contributed by atoms with Crippen molar-refractivity contribution in [2.75, 3.05) is 32.3 Å². The predicted molar refractivity (Wildman–Crippen MR) is 119 cm³/mol. The second-order valence-electron chi connectivity index (χ2n) is 6.90. The number of benzene rings is 2. The smallest absolute Gasteiger partial charge is 0.355 e. The molecular formula is C24H23N3O6. The van der Waals surface area contributed by atoms with Crippen LogP contribution in [-0.4, -0.2) is 44.5 Å². The van der Waals surface area contributed by atoms with E-state index in [2.05, 4.69) is 6.07 Å². The molecule has 2 aromatic carbocycles. The average molecular weight is 449 g/mol. The van der Waals surface area contributed by atoms with E-state index >= 15 is 0 Å². The summed E-state index contributed by atoms with van der Waals surface area (Å²) in [5, 5.41) is 18.9. The van der Waals surface area contributed by atoms with E-state index in [0.717, 1.165) is 0 Å². The van der Waals surface area contributed by atoms with E-state index in [0.29, 0.717) is 17.0 Å². The van der Waals surface area contributed by atoms with E-state index in [1.165, 1.54) is 19.1 Å². The third kappa shape index (κ3) is 4.51. The number of hydrogen-bond acceptors (Lipinski definition) is 9. The molecule has 0 spiro atoms. The lowest BCUT2D eigenvalue weighted by Crippen LogP contribution is -2.40. The van der Waals surface area contributed by atoms with Crippen LogP contribution in [0.15, 0.2) is 77.3 Å². The van der Waals surface area contributed by atoms with Crippen molar-refractivity contribution >= 4 is 17.6 Å². The number of aliphatic hydroxyl groups is 1. The highest BCUT2D eigenvalue weighted by molar-refractivity contribution is 6.06. The lowest BCUT2D eigenvalue weighted by molar-refractivity contribution is -0.139. The van der Waals surface area contributed by atoms with Gasteiger partial charge in [0.2, 0.25) is 0 Å². The van der Waals surface area contributed by atoms with Gasteiger partial charge in [-0.25, -0.2) is 9.59 Å². The monoisotopic (exact) mass is 449 g/mol. The number of ether oxygens (including phenoxy) is 3. The molecule has 0 bridgehead atoms. The number of hydrogen-bond donors (Lipinski definition) is 2. The van der Waals surface area contributed by atoms with Gasteiger partial charge >= 0.3 is 11.9 Å². The Bertz CT molecular complexity index is 1130. The van der Waals surface area contributed by atoms with Gasteiger partial charge < -0.3 is 25.1 Å². The van der Waals surface area contributed by atoms with Crippen molar-refractivity contribution in [3.63, 3.8) is 0 Å². The Balaban J connectivity index is 2.28. The second kappa shape index (κ2) is 10.3. The summed E-state index contributed by atoms with van der Waals surface area (Å²) in [4.78, 5) is 27.2. The first-order valence-corrected chi connectivity index (χ1v) is 9.97. The molecule has 1 aliphatic rings. The lowest BCUT2D eigenvalue weighted by Gasteiger charge is -2.35. The fraction of sp³-hybridized carbons (Fsp3) is 0.208. The Kier molecular flexibility index (Phi) is 7.33. The summed E-state index contributed by atoms with van der Waals surface area (Å²) in [7, 11) is 2.38. The van der Waals surface area contributed by atoms with Crippen molar-refractivity contribution in [1.82, 2.24) is 0 Å². The summed E-state index contributed by atoms with van der Waals surface area (Å²) in [6.07, 6.45) is 0. The van der Waals surface area contributed by atoms with Crippen LogP contribution in [-0.2, 0) is 19.1 Å². The minimum atomic E-state index is -0.929. The number of anilines is 1. The van der Waals surface area contributed by atoms with Crippen LogP contribution < -0.4 is 15.4 Å². The Morgan fingerprint density at radius 3 is 2.24 bits per heavy atom. The van der Waals surface area contributed by atoms with Crippen molar-refractivity contribution in [2.24, 2.45) is 5.73 Å². The molecule has 0 aromatic heterocycles. The van der Waals surface area contributed by atoms with Crippen LogP contribution in [0.3, 0.4) is 0 Å². The van der Waals surface area contributed by atoms with Crippen LogP contribution in [0.5, 0.6) is 5.75 Å². The van der Waals surface area contributed by atoms with Gasteiger partial charge in [-0.2, -0.15) is 5.26 Å². The van der Waals surface area contributed by atoms with Crippen molar-refractivity contribution in [3.05, 3.63) is 82.8 Å². The molecule has 170 valence electrons. The number of carbonyl (C=O) groups excluding carboxylic acids is 2. The number of aliphatic hydroxyl groups excluding tert-OH is 1. The van der Waals surface area contributed by atoms with Crippen molar-refractivity contribution in [1.29, 1.82) is 5.26 Å². The molecule has 1 heterocycles. The first kappa shape index (κ1) is 23.4. The highest BCUT2D eigenvalue weighted by Gasteiger charge is 2.42. The number of esters is 2. The van der Waals surface area contributed by atoms with E-state index in [1.54, 1.807) is 54.6 Å². The molecule has 0 aliphatic carbocycles. The van der Waals surface area contributed by atoms with Crippen LogP contribution in [0.2, 0.25) is 0 Å². The Hall–Kier alpha value is -4.29. The molecular weight excluding hydrogens is 426 g/mol. The molecule has 0 amide bonds. The van der Waals surface area contributed by atoms with Gasteiger partial charge in [0.15, 0.2) is 0 Å². The number of nitrogens with two attached hydrogens (primary N) is 1. The standard InChI is InChI=1S/C24H23N3O6/c1-31-23(29)20-19(15-6-4-3-5-7-15)18(14-25)22(26)27(21(20)24(30)32-2)16-8-10-17(11-9-16)33-13-12-28/h3-11,19,28H,12-13,26H2,1-2H3. The summed E-state index contributed by atoms with van der Waals surface area (Å²) in [6, 6.07) is 17.3. The van der Waals surface area contributed by atoms with Crippen molar-refractivity contribution in [2.45, 2.75) is 5.92 Å². The average Bonchev–Trinajstić information content (AvgIpc) is 2.86. The quantitative estimate of drug-likeness (QED) is 0.608. The number of methoxy groups -OCH3 is 2. The molecule has 0 fully saturated rings. The predicted octanol–water partition coefficient (Wildman–Crippen LogP) is 1.96. The molecule has 1 unspecified atom stereocenters. The van der Waals surface area contributed by atoms with Crippen molar-refractivity contribution in [3.8, 4) is 11.8 Å². The van der Waals surface area contributed by atoms with Crippen molar-refractivity contribution < 1.29 is 28.9 Å². The maximum absolute atomic E-state index is 13.0. The summed E-state index contributed by atoms with van der Waals surface area (Å²) in [5.74, 6) is -2.09. The summed E-state index contributed by atoms with van der Waals surface area (Å²) < 4.78 is 15.4. The van der Waals surface area contributed by atoms with Gasteiger partial charge in [-0.1, -0.05) is 30.3 Å². The maximum atomic E-state index is 13.0. The van der Waals surface area contributed by atoms with Crippen LogP contribution in [0, 0.1) is 11.3 Å². The zero-order valence-electron chi connectivity index (χ0n) is 18.1. The zero-order valence-corrected chi connectivity index (χ0v) is 18.1. The van der Waals surface area contributed by atoms with Gasteiger partial charge in [-0.15, -0.1) is 0 Å². The minimum absolute atomic E-state index is 0.0246. The fourth-order valence-electron chi connectivity index (χ4n) is 3.64. The van der Waals surface area contributed by atoms with Gasteiger partial charge in [0.1, 0.15) is 23.9 Å². The van der Waals surface area contributed by atoms with Crippen LogP contribution >= 0.6 is 0 Å². The normalized spacial score (nSPS) is 15.7. The SMILES string of the molecule is COC(=O)C1=C(C(=O)OC)N(c2ccc(OCCO)cc2)C(N)=C(C#N)C1c1ccccc1. The van der Waals surface area contributed by atoms with Gasteiger partial charge in [0.25, 0.3) is 0 Å². The fourth-order valence-corrected chi connectivity index (χ4v) is 3.64. The molecule has 33 heavy (non-hydrogen) atoms. The van der Waals surface area contributed by atoms with E-state index in [-0.39, 0.29) is 35.9 Å². The summed E-state index contributed by atoms with van der Waals surface area (Å²) in [6.45, 7) is -0.0318. The molecule has 0 saturated carbocycles.